The highest BCUT2D eigenvalue weighted by molar-refractivity contribution is 7.09. The summed E-state index contributed by atoms with van der Waals surface area (Å²) in [6.07, 6.45) is 1.68. The van der Waals surface area contributed by atoms with Gasteiger partial charge in [0.1, 0.15) is 17.4 Å². The molecule has 0 atom stereocenters. The van der Waals surface area contributed by atoms with Gasteiger partial charge in [-0.15, -0.1) is 11.3 Å². The molecule has 1 aromatic heterocycles. The van der Waals surface area contributed by atoms with E-state index in [0.29, 0.717) is 5.56 Å². The molecule has 0 unspecified atom stereocenters. The fourth-order valence-corrected chi connectivity index (χ4v) is 2.96. The van der Waals surface area contributed by atoms with Crippen molar-refractivity contribution in [1.29, 1.82) is 0 Å². The standard InChI is InChI=1S/C19H25NO3S/c1-18(2,3)13-9-12(10-14(16(13)21)19(4,5)6)17(22)23-11-15-20-7-8-24-15/h7-10,21H,11H2,1-6H3. The Bertz CT molecular complexity index is 687. The lowest BCUT2D eigenvalue weighted by Crippen LogP contribution is -2.19. The molecule has 0 aliphatic carbocycles. The van der Waals surface area contributed by atoms with Gasteiger partial charge in [-0.25, -0.2) is 9.78 Å². The lowest BCUT2D eigenvalue weighted by molar-refractivity contribution is 0.0472. The predicted molar refractivity (Wildman–Crippen MR) is 96.7 cm³/mol. The van der Waals surface area contributed by atoms with Crippen LogP contribution < -0.4 is 0 Å². The van der Waals surface area contributed by atoms with E-state index in [1.165, 1.54) is 11.3 Å². The molecule has 4 nitrogen and oxygen atoms in total. The highest BCUT2D eigenvalue weighted by Crippen LogP contribution is 2.39. The van der Waals surface area contributed by atoms with Gasteiger partial charge in [0.2, 0.25) is 0 Å². The topological polar surface area (TPSA) is 59.4 Å². The van der Waals surface area contributed by atoms with Gasteiger partial charge in [0.15, 0.2) is 0 Å². The van der Waals surface area contributed by atoms with E-state index in [2.05, 4.69) is 4.98 Å². The summed E-state index contributed by atoms with van der Waals surface area (Å²) < 4.78 is 5.38. The lowest BCUT2D eigenvalue weighted by Gasteiger charge is -2.27. The Morgan fingerprint density at radius 1 is 1.12 bits per heavy atom. The zero-order valence-corrected chi connectivity index (χ0v) is 16.0. The molecule has 0 spiro atoms. The number of carbonyl (C=O) groups excluding carboxylic acids is 1. The van der Waals surface area contributed by atoms with Gasteiger partial charge in [-0.1, -0.05) is 41.5 Å². The summed E-state index contributed by atoms with van der Waals surface area (Å²) in [7, 11) is 0. The Morgan fingerprint density at radius 2 is 1.67 bits per heavy atom. The van der Waals surface area contributed by atoms with Crippen LogP contribution in [0.2, 0.25) is 0 Å². The van der Waals surface area contributed by atoms with E-state index in [9.17, 15) is 9.90 Å². The first-order valence-electron chi connectivity index (χ1n) is 7.93. The van der Waals surface area contributed by atoms with E-state index in [1.807, 2.05) is 46.9 Å². The third-order valence-electron chi connectivity index (χ3n) is 3.77. The molecule has 0 fully saturated rings. The summed E-state index contributed by atoms with van der Waals surface area (Å²) >= 11 is 1.45. The van der Waals surface area contributed by atoms with E-state index in [0.717, 1.165) is 16.1 Å². The molecule has 0 aliphatic heterocycles. The molecular weight excluding hydrogens is 322 g/mol. The molecule has 2 rings (SSSR count). The molecule has 0 aliphatic rings. The highest BCUT2D eigenvalue weighted by Gasteiger charge is 2.28. The summed E-state index contributed by atoms with van der Waals surface area (Å²) in [5, 5.41) is 13.3. The zero-order chi connectivity index (χ0) is 18.1. The number of carbonyl (C=O) groups is 1. The molecule has 2 aromatic rings. The van der Waals surface area contributed by atoms with Crippen molar-refractivity contribution in [3.8, 4) is 5.75 Å². The second-order valence-electron chi connectivity index (χ2n) is 7.92. The number of aromatic hydroxyl groups is 1. The highest BCUT2D eigenvalue weighted by atomic mass is 32.1. The molecule has 1 aromatic carbocycles. The van der Waals surface area contributed by atoms with Gasteiger partial charge in [0, 0.05) is 22.7 Å². The summed E-state index contributed by atoms with van der Waals surface area (Å²) in [6.45, 7) is 12.2. The fraction of sp³-hybridized carbons (Fsp3) is 0.474. The number of ether oxygens (including phenoxy) is 1. The molecule has 0 bridgehead atoms. The van der Waals surface area contributed by atoms with Crippen molar-refractivity contribution >= 4 is 17.3 Å². The molecule has 24 heavy (non-hydrogen) atoms. The molecule has 0 amide bonds. The number of nitrogens with zero attached hydrogens (tertiary/aromatic N) is 1. The largest absolute Gasteiger partial charge is 0.507 e. The predicted octanol–water partition coefficient (Wildman–Crippen LogP) is 4.80. The minimum Gasteiger partial charge on any atom is -0.507 e. The average Bonchev–Trinajstić information content (AvgIpc) is 2.95. The summed E-state index contributed by atoms with van der Waals surface area (Å²) in [5.41, 5.74) is 1.39. The van der Waals surface area contributed by atoms with Crippen molar-refractivity contribution in [3.63, 3.8) is 0 Å². The van der Waals surface area contributed by atoms with Crippen LogP contribution >= 0.6 is 11.3 Å². The Kier molecular flexibility index (Phi) is 5.04. The fourth-order valence-electron chi connectivity index (χ4n) is 2.43. The maximum atomic E-state index is 12.5. The SMILES string of the molecule is CC(C)(C)c1cc(C(=O)OCc2nccs2)cc(C(C)(C)C)c1O. The summed E-state index contributed by atoms with van der Waals surface area (Å²) in [4.78, 5) is 16.6. The molecule has 1 heterocycles. The number of thiazole rings is 1. The quantitative estimate of drug-likeness (QED) is 0.810. The first-order valence-corrected chi connectivity index (χ1v) is 8.81. The van der Waals surface area contributed by atoms with Crippen LogP contribution in [0.3, 0.4) is 0 Å². The smallest absolute Gasteiger partial charge is 0.338 e. The number of aromatic nitrogens is 1. The van der Waals surface area contributed by atoms with Crippen LogP contribution in [-0.4, -0.2) is 16.1 Å². The minimum atomic E-state index is -0.402. The summed E-state index contributed by atoms with van der Waals surface area (Å²) in [5.74, 6) is -0.146. The normalized spacial score (nSPS) is 12.2. The van der Waals surface area contributed by atoms with E-state index < -0.39 is 5.97 Å². The number of rotatable bonds is 3. The van der Waals surface area contributed by atoms with Crippen molar-refractivity contribution in [3.05, 3.63) is 45.4 Å². The molecule has 0 saturated carbocycles. The van der Waals surface area contributed by atoms with Crippen molar-refractivity contribution in [2.24, 2.45) is 0 Å². The molecule has 5 heteroatoms. The Balaban J connectivity index is 2.40. The maximum Gasteiger partial charge on any atom is 0.338 e. The van der Waals surface area contributed by atoms with Gasteiger partial charge < -0.3 is 9.84 Å². The van der Waals surface area contributed by atoms with Crippen LogP contribution in [0.15, 0.2) is 23.7 Å². The van der Waals surface area contributed by atoms with Crippen molar-refractivity contribution in [2.45, 2.75) is 59.0 Å². The first kappa shape index (κ1) is 18.5. The van der Waals surface area contributed by atoms with E-state index in [1.54, 1.807) is 18.3 Å². The number of hydrogen-bond donors (Lipinski definition) is 1. The molecule has 130 valence electrons. The molecule has 1 N–H and O–H groups in total. The lowest BCUT2D eigenvalue weighted by atomic mass is 9.78. The van der Waals surface area contributed by atoms with Crippen LogP contribution in [0.5, 0.6) is 5.75 Å². The van der Waals surface area contributed by atoms with Gasteiger partial charge in [-0.3, -0.25) is 0 Å². The number of benzene rings is 1. The second kappa shape index (κ2) is 6.55. The number of esters is 1. The van der Waals surface area contributed by atoms with Crippen molar-refractivity contribution < 1.29 is 14.6 Å². The maximum absolute atomic E-state index is 12.5. The number of phenols is 1. The Hall–Kier alpha value is -1.88. The van der Waals surface area contributed by atoms with Gasteiger partial charge in [0.05, 0.1) is 5.56 Å². The van der Waals surface area contributed by atoms with Gasteiger partial charge >= 0.3 is 5.97 Å². The number of phenolic OH excluding ortho intramolecular Hbond substituents is 1. The van der Waals surface area contributed by atoms with Crippen molar-refractivity contribution in [1.82, 2.24) is 4.98 Å². The van der Waals surface area contributed by atoms with Crippen molar-refractivity contribution in [2.75, 3.05) is 0 Å². The molecule has 0 saturated heterocycles. The van der Waals surface area contributed by atoms with Gasteiger partial charge in [0.25, 0.3) is 0 Å². The third kappa shape index (κ3) is 4.15. The van der Waals surface area contributed by atoms with E-state index >= 15 is 0 Å². The minimum absolute atomic E-state index is 0.160. The second-order valence-corrected chi connectivity index (χ2v) is 8.90. The van der Waals surface area contributed by atoms with Crippen LogP contribution in [0.1, 0.15) is 68.0 Å². The van der Waals surface area contributed by atoms with Crippen LogP contribution in [-0.2, 0) is 22.2 Å². The zero-order valence-electron chi connectivity index (χ0n) is 15.1. The van der Waals surface area contributed by atoms with Crippen LogP contribution in [0.25, 0.3) is 0 Å². The average molecular weight is 347 g/mol. The van der Waals surface area contributed by atoms with E-state index in [-0.39, 0.29) is 23.2 Å². The first-order chi connectivity index (χ1) is 11.0. The number of hydrogen-bond acceptors (Lipinski definition) is 5. The monoisotopic (exact) mass is 347 g/mol. The third-order valence-corrected chi connectivity index (χ3v) is 4.52. The Labute approximate surface area is 147 Å². The molecular formula is C19H25NO3S. The van der Waals surface area contributed by atoms with Gasteiger partial charge in [-0.2, -0.15) is 0 Å². The van der Waals surface area contributed by atoms with Gasteiger partial charge in [-0.05, 0) is 23.0 Å². The van der Waals surface area contributed by atoms with Crippen LogP contribution in [0.4, 0.5) is 0 Å². The Morgan fingerprint density at radius 3 is 2.08 bits per heavy atom. The van der Waals surface area contributed by atoms with Crippen LogP contribution in [0, 0.1) is 0 Å². The summed E-state index contributed by atoms with van der Waals surface area (Å²) in [6, 6.07) is 3.46. The molecule has 0 radical (unpaired) electrons. The van der Waals surface area contributed by atoms with E-state index in [4.69, 9.17) is 4.74 Å².